The van der Waals surface area contributed by atoms with Crippen molar-refractivity contribution in [2.75, 3.05) is 19.3 Å². The van der Waals surface area contributed by atoms with Gasteiger partial charge in [-0.1, -0.05) is 30.3 Å². The van der Waals surface area contributed by atoms with Crippen molar-refractivity contribution in [1.82, 2.24) is 10.2 Å². The average Bonchev–Trinajstić information content (AvgIpc) is 3.21. The number of amides is 2. The highest BCUT2D eigenvalue weighted by molar-refractivity contribution is 7.90. The lowest BCUT2D eigenvalue weighted by atomic mass is 9.94. The maximum absolute atomic E-state index is 12.9. The van der Waals surface area contributed by atoms with Crippen LogP contribution >= 0.6 is 0 Å². The number of likely N-dealkylation sites (tertiary alicyclic amines) is 1. The van der Waals surface area contributed by atoms with Gasteiger partial charge in [0.1, 0.15) is 0 Å². The van der Waals surface area contributed by atoms with E-state index in [2.05, 4.69) is 11.4 Å². The molecule has 2 amide bonds. The first-order valence-electron chi connectivity index (χ1n) is 9.21. The van der Waals surface area contributed by atoms with Crippen LogP contribution in [0.2, 0.25) is 0 Å². The Labute approximate surface area is 164 Å². The second kappa shape index (κ2) is 6.74. The lowest BCUT2D eigenvalue weighted by molar-refractivity contribution is -0.128. The van der Waals surface area contributed by atoms with Crippen LogP contribution in [0.25, 0.3) is 0 Å². The summed E-state index contributed by atoms with van der Waals surface area (Å²) in [5.74, 6) is 0.0427. The first-order chi connectivity index (χ1) is 13.3. The fourth-order valence-corrected chi connectivity index (χ4v) is 5.06. The molecule has 1 N–H and O–H groups in total. The fourth-order valence-electron chi connectivity index (χ4n) is 4.39. The molecule has 7 heteroatoms. The monoisotopic (exact) mass is 398 g/mol. The van der Waals surface area contributed by atoms with E-state index in [1.165, 1.54) is 17.7 Å². The van der Waals surface area contributed by atoms with Gasteiger partial charge >= 0.3 is 0 Å². The largest absolute Gasteiger partial charge is 0.345 e. The summed E-state index contributed by atoms with van der Waals surface area (Å²) in [4.78, 5) is 26.7. The van der Waals surface area contributed by atoms with Gasteiger partial charge in [0.05, 0.1) is 10.9 Å². The Bertz CT molecular complexity index is 1060. The maximum atomic E-state index is 12.9. The van der Waals surface area contributed by atoms with Crippen LogP contribution in [0.4, 0.5) is 0 Å². The minimum atomic E-state index is -3.39. The zero-order valence-electron chi connectivity index (χ0n) is 15.8. The zero-order chi connectivity index (χ0) is 20.1. The molecule has 0 unspecified atom stereocenters. The molecule has 0 radical (unpaired) electrons. The van der Waals surface area contributed by atoms with Gasteiger partial charge in [-0.2, -0.15) is 0 Å². The Balaban J connectivity index is 1.64. The average molecular weight is 398 g/mol. The maximum Gasteiger partial charge on any atom is 0.251 e. The number of sulfone groups is 1. The summed E-state index contributed by atoms with van der Waals surface area (Å²) < 4.78 is 23.6. The van der Waals surface area contributed by atoms with Crippen LogP contribution in [0, 0.1) is 5.92 Å². The lowest BCUT2D eigenvalue weighted by Gasteiger charge is -2.22. The number of hydrogen-bond acceptors (Lipinski definition) is 4. The summed E-state index contributed by atoms with van der Waals surface area (Å²) in [5.41, 5.74) is 2.56. The fraction of sp³-hybridized carbons (Fsp3) is 0.333. The number of nitrogens with zero attached hydrogens (tertiary/aromatic N) is 1. The molecule has 6 nitrogen and oxygen atoms in total. The van der Waals surface area contributed by atoms with Crippen LogP contribution in [-0.2, 0) is 14.6 Å². The number of hydrogen-bond donors (Lipinski definition) is 1. The van der Waals surface area contributed by atoms with Crippen LogP contribution in [-0.4, -0.2) is 44.5 Å². The molecule has 1 aliphatic carbocycles. The molecule has 1 aliphatic heterocycles. The molecule has 1 heterocycles. The van der Waals surface area contributed by atoms with Gasteiger partial charge in [-0.15, -0.1) is 0 Å². The number of carbonyl (C=O) groups is 2. The Hall–Kier alpha value is -2.67. The molecule has 2 aromatic carbocycles. The van der Waals surface area contributed by atoms with Crippen LogP contribution in [0.3, 0.4) is 0 Å². The smallest absolute Gasteiger partial charge is 0.251 e. The van der Waals surface area contributed by atoms with Crippen molar-refractivity contribution in [1.29, 1.82) is 0 Å². The summed E-state index contributed by atoms with van der Waals surface area (Å²) in [5, 5.41) is 3.09. The second-order valence-electron chi connectivity index (χ2n) is 7.57. The quantitative estimate of drug-likeness (QED) is 0.859. The zero-order valence-corrected chi connectivity index (χ0v) is 16.6. The van der Waals surface area contributed by atoms with E-state index in [0.29, 0.717) is 18.7 Å². The summed E-state index contributed by atoms with van der Waals surface area (Å²) in [7, 11) is -3.39. The summed E-state index contributed by atoms with van der Waals surface area (Å²) in [6.07, 6.45) is 1.12. The van der Waals surface area contributed by atoms with Crippen molar-refractivity contribution in [3.05, 3.63) is 65.2 Å². The van der Waals surface area contributed by atoms with Gasteiger partial charge in [0.15, 0.2) is 9.84 Å². The van der Waals surface area contributed by atoms with Gasteiger partial charge in [0, 0.05) is 43.7 Å². The van der Waals surface area contributed by atoms with Gasteiger partial charge < -0.3 is 10.2 Å². The Morgan fingerprint density at radius 3 is 2.43 bits per heavy atom. The highest BCUT2D eigenvalue weighted by Crippen LogP contribution is 2.49. The van der Waals surface area contributed by atoms with E-state index in [1.54, 1.807) is 19.1 Å². The molecule has 2 aromatic rings. The lowest BCUT2D eigenvalue weighted by Crippen LogP contribution is -2.34. The third-order valence-electron chi connectivity index (χ3n) is 5.78. The number of nitrogens with one attached hydrogen (secondary N) is 1. The van der Waals surface area contributed by atoms with Crippen LogP contribution < -0.4 is 5.32 Å². The Kier molecular flexibility index (Phi) is 4.50. The molecule has 0 spiro atoms. The molecule has 1 fully saturated rings. The molecule has 28 heavy (non-hydrogen) atoms. The SMILES string of the molecule is CC(=O)N1C[C@H]2[C@@H](C1)c1ccccc1[C@@H]2NC(=O)c1cccc(S(C)(=O)=O)c1. The van der Waals surface area contributed by atoms with E-state index in [0.717, 1.165) is 11.8 Å². The van der Waals surface area contributed by atoms with E-state index < -0.39 is 9.84 Å². The van der Waals surface area contributed by atoms with Gasteiger partial charge in [-0.3, -0.25) is 9.59 Å². The predicted octanol–water partition coefficient (Wildman–Crippen LogP) is 2.14. The standard InChI is InChI=1S/C21H22N2O4S/c1-13(24)23-11-18-16-8-3-4-9-17(16)20(19(18)12-23)22-21(25)14-6-5-7-15(10-14)28(2,26)27/h3-10,18-20H,11-12H2,1-2H3,(H,22,25)/t18-,19-,20-/m0/s1. The van der Waals surface area contributed by atoms with Crippen LogP contribution in [0.1, 0.15) is 40.4 Å². The van der Waals surface area contributed by atoms with Crippen molar-refractivity contribution >= 4 is 21.7 Å². The van der Waals surface area contributed by atoms with Gasteiger partial charge in [-0.05, 0) is 29.3 Å². The normalized spacial score (nSPS) is 23.2. The van der Waals surface area contributed by atoms with Crippen molar-refractivity contribution in [2.45, 2.75) is 23.8 Å². The van der Waals surface area contributed by atoms with Gasteiger partial charge in [0.2, 0.25) is 5.91 Å². The minimum absolute atomic E-state index is 0.0396. The molecule has 2 aliphatic rings. The summed E-state index contributed by atoms with van der Waals surface area (Å²) >= 11 is 0. The van der Waals surface area contributed by atoms with E-state index >= 15 is 0 Å². The molecule has 0 bridgehead atoms. The van der Waals surface area contributed by atoms with Crippen molar-refractivity contribution < 1.29 is 18.0 Å². The Morgan fingerprint density at radius 2 is 1.75 bits per heavy atom. The highest BCUT2D eigenvalue weighted by atomic mass is 32.2. The summed E-state index contributed by atoms with van der Waals surface area (Å²) in [6, 6.07) is 13.9. The molecule has 4 rings (SSSR count). The van der Waals surface area contributed by atoms with Crippen molar-refractivity contribution in [3.63, 3.8) is 0 Å². The van der Waals surface area contributed by atoms with Crippen molar-refractivity contribution in [3.8, 4) is 0 Å². The van der Waals surface area contributed by atoms with Crippen LogP contribution in [0.5, 0.6) is 0 Å². The van der Waals surface area contributed by atoms with Gasteiger partial charge in [0.25, 0.3) is 5.91 Å². The highest BCUT2D eigenvalue weighted by Gasteiger charge is 2.47. The molecule has 146 valence electrons. The third kappa shape index (κ3) is 3.20. The number of rotatable bonds is 3. The molecule has 0 aromatic heterocycles. The Morgan fingerprint density at radius 1 is 1.04 bits per heavy atom. The first-order valence-corrected chi connectivity index (χ1v) is 11.1. The molecule has 0 saturated carbocycles. The number of fused-ring (bicyclic) bond motifs is 3. The first kappa shape index (κ1) is 18.7. The predicted molar refractivity (Wildman–Crippen MR) is 105 cm³/mol. The van der Waals surface area contributed by atoms with E-state index in [-0.39, 0.29) is 34.6 Å². The van der Waals surface area contributed by atoms with E-state index in [9.17, 15) is 18.0 Å². The van der Waals surface area contributed by atoms with Gasteiger partial charge in [-0.25, -0.2) is 8.42 Å². The second-order valence-corrected chi connectivity index (χ2v) is 9.59. The molecular formula is C21H22N2O4S. The number of carbonyl (C=O) groups excluding carboxylic acids is 2. The topological polar surface area (TPSA) is 83.6 Å². The molecular weight excluding hydrogens is 376 g/mol. The van der Waals surface area contributed by atoms with Crippen LogP contribution in [0.15, 0.2) is 53.4 Å². The minimum Gasteiger partial charge on any atom is -0.345 e. The molecule has 1 saturated heterocycles. The van der Waals surface area contributed by atoms with E-state index in [1.807, 2.05) is 23.1 Å². The third-order valence-corrected chi connectivity index (χ3v) is 6.89. The van der Waals surface area contributed by atoms with E-state index in [4.69, 9.17) is 0 Å². The summed E-state index contributed by atoms with van der Waals surface area (Å²) in [6.45, 7) is 2.83. The molecule has 3 atom stereocenters. The van der Waals surface area contributed by atoms with Crippen molar-refractivity contribution in [2.24, 2.45) is 5.92 Å². The number of benzene rings is 2.